The van der Waals surface area contributed by atoms with Crippen LogP contribution < -0.4 is 0 Å². The van der Waals surface area contributed by atoms with Gasteiger partial charge in [-0.25, -0.2) is 9.97 Å². The van der Waals surface area contributed by atoms with E-state index in [-0.39, 0.29) is 0 Å². The van der Waals surface area contributed by atoms with Crippen LogP contribution in [0.15, 0.2) is 49.3 Å². The molecule has 0 bridgehead atoms. The van der Waals surface area contributed by atoms with Crippen molar-refractivity contribution >= 4 is 11.2 Å². The van der Waals surface area contributed by atoms with Gasteiger partial charge in [-0.2, -0.15) is 4.73 Å². The molecule has 7 heteroatoms. The highest BCUT2D eigenvalue weighted by Gasteiger charge is 2.06. The van der Waals surface area contributed by atoms with Crippen molar-refractivity contribution in [1.29, 1.82) is 0 Å². The summed E-state index contributed by atoms with van der Waals surface area (Å²) < 4.78 is 0.947. The van der Waals surface area contributed by atoms with Crippen LogP contribution in [0.2, 0.25) is 0 Å². The summed E-state index contributed by atoms with van der Waals surface area (Å²) in [6, 6.07) is 3.63. The van der Waals surface area contributed by atoms with Gasteiger partial charge in [-0.3, -0.25) is 9.97 Å². The van der Waals surface area contributed by atoms with Gasteiger partial charge in [0.1, 0.15) is 11.2 Å². The lowest BCUT2D eigenvalue weighted by Crippen LogP contribution is -1.98. The second kappa shape index (κ2) is 4.73. The van der Waals surface area contributed by atoms with Crippen molar-refractivity contribution in [2.45, 2.75) is 0 Å². The van der Waals surface area contributed by atoms with Crippen LogP contribution >= 0.6 is 0 Å². The molecule has 0 saturated carbocycles. The number of aromatic nitrogens is 6. The average molecular weight is 254 g/mol. The van der Waals surface area contributed by atoms with Crippen LogP contribution in [-0.2, 0) is 0 Å². The van der Waals surface area contributed by atoms with Crippen molar-refractivity contribution in [3.63, 3.8) is 0 Å². The highest BCUT2D eigenvalue weighted by molar-refractivity contribution is 5.69. The molecular formula is C12H10N6O. The Bertz CT molecular complexity index is 731. The smallest absolute Gasteiger partial charge is 0.193 e. The first-order valence-corrected chi connectivity index (χ1v) is 5.56. The number of hydrogen-bond donors (Lipinski definition) is 2. The Hall–Kier alpha value is -2.96. The molecule has 0 unspecified atom stereocenters. The number of fused-ring (bicyclic) bond motifs is 2. The van der Waals surface area contributed by atoms with E-state index in [4.69, 9.17) is 5.21 Å². The summed E-state index contributed by atoms with van der Waals surface area (Å²) in [5.41, 5.74) is 2.46. The van der Waals surface area contributed by atoms with E-state index in [9.17, 15) is 0 Å². The highest BCUT2D eigenvalue weighted by atomic mass is 16.5. The lowest BCUT2D eigenvalue weighted by atomic mass is 10.4. The Morgan fingerprint density at radius 2 is 1.84 bits per heavy atom. The molecule has 0 saturated heterocycles. The zero-order valence-electron chi connectivity index (χ0n) is 9.80. The van der Waals surface area contributed by atoms with Gasteiger partial charge in [0.15, 0.2) is 11.5 Å². The molecule has 2 aliphatic heterocycles. The van der Waals surface area contributed by atoms with Crippen molar-refractivity contribution in [2.24, 2.45) is 0 Å². The Morgan fingerprint density at radius 1 is 0.947 bits per heavy atom. The fraction of sp³-hybridized carbons (Fsp3) is 0. The minimum atomic E-state index is 0.488. The Kier molecular flexibility index (Phi) is 2.77. The summed E-state index contributed by atoms with van der Waals surface area (Å²) in [5.74, 6) is 0.488. The summed E-state index contributed by atoms with van der Waals surface area (Å²) >= 11 is 0. The molecule has 2 N–H and O–H groups in total. The SMILES string of the molecule is On1ccnc2ccnc1-2.c1cnc2[nH]ccc2n1. The number of nitrogens with one attached hydrogen (secondary N) is 1. The van der Waals surface area contributed by atoms with Crippen LogP contribution in [-0.4, -0.2) is 34.9 Å². The molecule has 0 radical (unpaired) electrons. The van der Waals surface area contributed by atoms with Gasteiger partial charge in [-0.1, -0.05) is 0 Å². The third-order valence-corrected chi connectivity index (χ3v) is 2.48. The molecule has 0 spiro atoms. The number of H-pyrrole nitrogens is 1. The summed E-state index contributed by atoms with van der Waals surface area (Å²) in [6.45, 7) is 0. The van der Waals surface area contributed by atoms with E-state index < -0.39 is 0 Å². The van der Waals surface area contributed by atoms with Crippen molar-refractivity contribution in [2.75, 3.05) is 0 Å². The van der Waals surface area contributed by atoms with E-state index in [0.717, 1.165) is 15.9 Å². The molecule has 2 aliphatic rings. The largest absolute Gasteiger partial charge is 0.427 e. The molecule has 0 atom stereocenters. The van der Waals surface area contributed by atoms with Gasteiger partial charge < -0.3 is 10.2 Å². The number of hydrogen-bond acceptors (Lipinski definition) is 5. The number of nitrogens with zero attached hydrogens (tertiary/aromatic N) is 5. The summed E-state index contributed by atoms with van der Waals surface area (Å²) in [7, 11) is 0. The van der Waals surface area contributed by atoms with Gasteiger partial charge in [0, 0.05) is 31.0 Å². The Balaban J connectivity index is 0.000000117. The molecule has 0 aromatic carbocycles. The van der Waals surface area contributed by atoms with Gasteiger partial charge in [0.2, 0.25) is 0 Å². The van der Waals surface area contributed by atoms with E-state index in [1.54, 1.807) is 24.7 Å². The van der Waals surface area contributed by atoms with E-state index in [1.807, 2.05) is 12.3 Å². The van der Waals surface area contributed by atoms with Crippen LogP contribution in [0.25, 0.3) is 22.7 Å². The second-order valence-corrected chi connectivity index (χ2v) is 3.69. The van der Waals surface area contributed by atoms with Crippen LogP contribution in [0, 0.1) is 0 Å². The molecule has 94 valence electrons. The van der Waals surface area contributed by atoms with E-state index in [2.05, 4.69) is 24.9 Å². The van der Waals surface area contributed by atoms with Crippen molar-refractivity contribution in [3.05, 3.63) is 49.3 Å². The first-order chi connectivity index (χ1) is 9.34. The first-order valence-electron chi connectivity index (χ1n) is 5.56. The second-order valence-electron chi connectivity index (χ2n) is 3.69. The van der Waals surface area contributed by atoms with Crippen LogP contribution in [0.3, 0.4) is 0 Å². The summed E-state index contributed by atoms with van der Waals surface area (Å²) in [5, 5.41) is 9.07. The van der Waals surface area contributed by atoms with Crippen LogP contribution in [0.1, 0.15) is 0 Å². The molecule has 2 aromatic rings. The van der Waals surface area contributed by atoms with Gasteiger partial charge in [0.05, 0.1) is 6.20 Å². The zero-order valence-corrected chi connectivity index (χ0v) is 9.80. The molecule has 2 aromatic heterocycles. The molecule has 19 heavy (non-hydrogen) atoms. The molecule has 0 fully saturated rings. The topological polar surface area (TPSA) is 92.5 Å². The predicted molar refractivity (Wildman–Crippen MR) is 67.7 cm³/mol. The summed E-state index contributed by atoms with van der Waals surface area (Å²) in [6.07, 6.45) is 9.73. The van der Waals surface area contributed by atoms with E-state index in [0.29, 0.717) is 11.5 Å². The van der Waals surface area contributed by atoms with Gasteiger partial charge in [0.25, 0.3) is 0 Å². The maximum atomic E-state index is 9.07. The maximum Gasteiger partial charge on any atom is 0.193 e. The van der Waals surface area contributed by atoms with Gasteiger partial charge >= 0.3 is 0 Å². The predicted octanol–water partition coefficient (Wildman–Crippen LogP) is 1.58. The van der Waals surface area contributed by atoms with Crippen LogP contribution in [0.4, 0.5) is 0 Å². The highest BCUT2D eigenvalue weighted by Crippen LogP contribution is 2.13. The summed E-state index contributed by atoms with van der Waals surface area (Å²) in [4.78, 5) is 18.8. The fourth-order valence-electron chi connectivity index (χ4n) is 1.63. The van der Waals surface area contributed by atoms with Crippen LogP contribution in [0.5, 0.6) is 0 Å². The number of aromatic amines is 1. The third-order valence-electron chi connectivity index (χ3n) is 2.48. The first kappa shape index (κ1) is 11.1. The molecule has 4 rings (SSSR count). The minimum absolute atomic E-state index is 0.488. The minimum Gasteiger partial charge on any atom is -0.427 e. The maximum absolute atomic E-state index is 9.07. The van der Waals surface area contributed by atoms with E-state index in [1.165, 1.54) is 12.4 Å². The standard InChI is InChI=1S/C6H5N3O.C6H5N3/c10-9-4-3-7-5-1-2-8-6(5)9;1-2-8-6-5(1)7-3-4-9-6/h1-4,10H;1-4H,(H,8,9). The lowest BCUT2D eigenvalue weighted by molar-refractivity contribution is 0.186. The zero-order chi connectivity index (χ0) is 13.1. The molecule has 7 nitrogen and oxygen atoms in total. The van der Waals surface area contributed by atoms with Crippen molar-refractivity contribution in [3.8, 4) is 11.5 Å². The Labute approximate surface area is 107 Å². The van der Waals surface area contributed by atoms with Gasteiger partial charge in [-0.05, 0) is 12.1 Å². The number of rotatable bonds is 0. The normalized spacial score (nSPS) is 10.3. The molecule has 4 heterocycles. The fourth-order valence-corrected chi connectivity index (χ4v) is 1.63. The molecular weight excluding hydrogens is 244 g/mol. The average Bonchev–Trinajstić information content (AvgIpc) is 3.08. The lowest BCUT2D eigenvalue weighted by Gasteiger charge is -1.99. The third kappa shape index (κ3) is 2.21. The van der Waals surface area contributed by atoms with Crippen molar-refractivity contribution < 1.29 is 5.21 Å². The van der Waals surface area contributed by atoms with E-state index >= 15 is 0 Å². The Morgan fingerprint density at radius 3 is 2.68 bits per heavy atom. The monoisotopic (exact) mass is 254 g/mol. The molecule has 0 amide bonds. The molecule has 0 aliphatic carbocycles. The van der Waals surface area contributed by atoms with Crippen molar-refractivity contribution in [1.82, 2.24) is 29.7 Å². The quantitative estimate of drug-likeness (QED) is 0.465. The van der Waals surface area contributed by atoms with Gasteiger partial charge in [-0.15, -0.1) is 0 Å².